The Balaban J connectivity index is 0.677. The molecule has 3 N–H and O–H groups in total. The van der Waals surface area contributed by atoms with Gasteiger partial charge in [-0.3, -0.25) is 38.8 Å². The van der Waals surface area contributed by atoms with Crippen molar-refractivity contribution in [1.82, 2.24) is 34.0 Å². The zero-order valence-corrected chi connectivity index (χ0v) is 36.9. The third kappa shape index (κ3) is 7.68. The van der Waals surface area contributed by atoms with Crippen LogP contribution in [0.1, 0.15) is 117 Å². The van der Waals surface area contributed by atoms with E-state index in [0.29, 0.717) is 99.6 Å². The lowest BCUT2D eigenvalue weighted by molar-refractivity contribution is -0.136. The Bertz CT molecular complexity index is 2560. The van der Waals surface area contributed by atoms with E-state index in [9.17, 15) is 37.5 Å². The summed E-state index contributed by atoms with van der Waals surface area (Å²) in [5.74, 6) is -1.71. The molecular weight excluding hydrogens is 846 g/mol. The maximum Gasteiger partial charge on any atom is 0.262 e. The number of pyridine rings is 1. The molecule has 10 rings (SSSR count). The molecule has 2 aromatic heterocycles. The number of benzene rings is 1. The molecule has 17 nitrogen and oxygen atoms in total. The van der Waals surface area contributed by atoms with Gasteiger partial charge in [0.15, 0.2) is 0 Å². The van der Waals surface area contributed by atoms with Crippen LogP contribution in [0.2, 0.25) is 0 Å². The van der Waals surface area contributed by atoms with Gasteiger partial charge in [-0.1, -0.05) is 0 Å². The lowest BCUT2D eigenvalue weighted by atomic mass is 9.68. The summed E-state index contributed by atoms with van der Waals surface area (Å²) in [6, 6.07) is 4.66. The average Bonchev–Trinajstić information content (AvgIpc) is 3.73. The zero-order valence-electron chi connectivity index (χ0n) is 36.1. The van der Waals surface area contributed by atoms with E-state index in [1.54, 1.807) is 28.1 Å². The minimum Gasteiger partial charge on any atom is -0.388 e. The third-order valence-electron chi connectivity index (χ3n) is 15.6. The van der Waals surface area contributed by atoms with Gasteiger partial charge in [-0.2, -0.15) is 4.98 Å². The number of carbonyl (C=O) groups excluding carboxylic acids is 4. The molecule has 7 heterocycles. The maximum atomic E-state index is 15.5. The quantitative estimate of drug-likeness (QED) is 0.264. The second kappa shape index (κ2) is 16.5. The lowest BCUT2D eigenvalue weighted by Crippen LogP contribution is -2.54. The van der Waals surface area contributed by atoms with Crippen molar-refractivity contribution in [2.45, 2.75) is 125 Å². The fourth-order valence-electron chi connectivity index (χ4n) is 11.8. The number of nitrogens with zero attached hydrogens (tertiary/aromatic N) is 7. The van der Waals surface area contributed by atoms with Crippen LogP contribution in [0.5, 0.6) is 0 Å². The Morgan fingerprint density at radius 2 is 1.56 bits per heavy atom. The van der Waals surface area contributed by atoms with E-state index >= 15 is 4.39 Å². The highest BCUT2D eigenvalue weighted by Gasteiger charge is 2.47. The lowest BCUT2D eigenvalue weighted by Gasteiger charge is -2.50. The first-order chi connectivity index (χ1) is 30.7. The highest BCUT2D eigenvalue weighted by Crippen LogP contribution is 2.44. The van der Waals surface area contributed by atoms with Crippen molar-refractivity contribution in [3.63, 3.8) is 0 Å². The number of halogens is 1. The summed E-state index contributed by atoms with van der Waals surface area (Å²) < 4.78 is 46.5. The van der Waals surface area contributed by atoms with Gasteiger partial charge in [0, 0.05) is 62.3 Å². The van der Waals surface area contributed by atoms with Gasteiger partial charge in [-0.15, -0.1) is 0 Å². The molecule has 5 aliphatic heterocycles. The number of likely N-dealkylation sites (tertiary alicyclic amines) is 1. The van der Waals surface area contributed by atoms with Crippen LogP contribution in [-0.4, -0.2) is 134 Å². The van der Waals surface area contributed by atoms with E-state index in [1.807, 2.05) is 4.90 Å². The summed E-state index contributed by atoms with van der Waals surface area (Å²) in [4.78, 5) is 78.1. The van der Waals surface area contributed by atoms with Crippen LogP contribution in [0.3, 0.4) is 0 Å². The summed E-state index contributed by atoms with van der Waals surface area (Å²) in [5.41, 5.74) is -0.451. The van der Waals surface area contributed by atoms with Crippen molar-refractivity contribution in [2.24, 2.45) is 11.8 Å². The van der Waals surface area contributed by atoms with Gasteiger partial charge in [0.25, 0.3) is 17.4 Å². The van der Waals surface area contributed by atoms with E-state index in [-0.39, 0.29) is 47.3 Å². The summed E-state index contributed by atoms with van der Waals surface area (Å²) in [5, 5.41) is 16.9. The minimum atomic E-state index is -3.47. The fourth-order valence-corrected chi connectivity index (χ4v) is 13.7. The number of fused-ring (bicyclic) bond motifs is 2. The topological polar surface area (TPSA) is 207 Å². The van der Waals surface area contributed by atoms with E-state index in [1.165, 1.54) is 12.1 Å². The number of imide groups is 2. The van der Waals surface area contributed by atoms with Crippen LogP contribution in [0.4, 0.5) is 16.0 Å². The molecule has 1 aromatic carbocycles. The largest absolute Gasteiger partial charge is 0.388 e. The molecule has 2 saturated carbocycles. The minimum absolute atomic E-state index is 0.0108. The molecule has 2 aliphatic carbocycles. The highest BCUT2D eigenvalue weighted by molar-refractivity contribution is 7.89. The molecule has 7 aliphatic rings. The fraction of sp³-hybridized carbons (Fsp3) is 0.622. The third-order valence-corrected chi connectivity index (χ3v) is 18.0. The van der Waals surface area contributed by atoms with Crippen LogP contribution in [-0.2, 0) is 19.6 Å². The molecule has 0 spiro atoms. The monoisotopic (exact) mass is 901 g/mol. The van der Waals surface area contributed by atoms with Crippen molar-refractivity contribution in [3.05, 3.63) is 57.8 Å². The number of sulfonamides is 1. The van der Waals surface area contributed by atoms with Gasteiger partial charge in [0.1, 0.15) is 17.5 Å². The van der Waals surface area contributed by atoms with Gasteiger partial charge in [-0.05, 0) is 127 Å². The Kier molecular flexibility index (Phi) is 11.1. The molecular formula is C45H56FN9O8S. The Labute approximate surface area is 370 Å². The van der Waals surface area contributed by atoms with E-state index in [4.69, 9.17) is 4.98 Å². The van der Waals surface area contributed by atoms with E-state index < -0.39 is 56.4 Å². The van der Waals surface area contributed by atoms with Gasteiger partial charge in [-0.25, -0.2) is 22.1 Å². The number of nitrogens with one attached hydrogen (secondary N) is 2. The normalized spacial score (nSPS) is 29.4. The summed E-state index contributed by atoms with van der Waals surface area (Å²) in [6.45, 7) is 5.31. The smallest absolute Gasteiger partial charge is 0.262 e. The number of carbonyl (C=O) groups is 4. The molecule has 0 radical (unpaired) electrons. The maximum absolute atomic E-state index is 15.5. The van der Waals surface area contributed by atoms with Gasteiger partial charge in [0.05, 0.1) is 33.7 Å². The molecule has 3 atom stereocenters. The van der Waals surface area contributed by atoms with E-state index in [2.05, 4.69) is 20.5 Å². The number of hydrogen-bond acceptors (Lipinski definition) is 13. The SMILES string of the molecule is C[C@@]1(O)CCC[C@H]1n1c(=O)ccc2cnc(NC3CCN(S(=O)(=O)C4CCN(C5CC(C6CCN(c7cc8c(cc7F)C(=O)N(C7CCC(=O)NC7=O)C8=O)CC6)C5)CC4)CC3)nc21. The predicted molar refractivity (Wildman–Crippen MR) is 234 cm³/mol. The number of aliphatic hydroxyl groups is 1. The van der Waals surface area contributed by atoms with Crippen LogP contribution in [0, 0.1) is 17.7 Å². The molecule has 1 unspecified atom stereocenters. The molecule has 3 aromatic rings. The first-order valence-corrected chi connectivity index (χ1v) is 24.6. The molecule has 64 heavy (non-hydrogen) atoms. The number of anilines is 2. The van der Waals surface area contributed by atoms with Gasteiger partial charge in [0.2, 0.25) is 27.8 Å². The molecule has 342 valence electrons. The van der Waals surface area contributed by atoms with Crippen LogP contribution < -0.4 is 21.1 Å². The average molecular weight is 902 g/mol. The molecule has 6 fully saturated rings. The Morgan fingerprint density at radius 3 is 2.23 bits per heavy atom. The number of piperidine rings is 4. The number of aromatic nitrogens is 3. The number of hydrogen-bond donors (Lipinski definition) is 3. The zero-order chi connectivity index (χ0) is 44.7. The van der Waals surface area contributed by atoms with E-state index in [0.717, 1.165) is 56.2 Å². The summed E-state index contributed by atoms with van der Waals surface area (Å²) in [7, 11) is -3.47. The predicted octanol–water partition coefficient (Wildman–Crippen LogP) is 3.17. The second-order valence-corrected chi connectivity index (χ2v) is 21.6. The molecule has 0 bridgehead atoms. The molecule has 4 saturated heterocycles. The van der Waals surface area contributed by atoms with Crippen molar-refractivity contribution < 1.29 is 37.1 Å². The standard InChI is InChI=1S/C45H56FN9O8S/c1-45(61)14-2-3-37(45)55-39(57)7-4-27-25-47-44(50-40(27)55)48-29-10-19-53(20-11-29)64(62,63)31-12-17-51(18-13-31)30-21-28(22-30)26-8-15-52(16-9-26)36-24-33-32(23-34(36)46)42(59)54(43(33)60)35-5-6-38(56)49-41(35)58/h4,7,23-26,28-31,35,37,61H,2-3,5-6,8-22H2,1H3,(H,47,48,50)(H,49,56,58)/t28?,30?,35?,37-,45-/m1/s1. The van der Waals surface area contributed by atoms with Gasteiger partial charge >= 0.3 is 0 Å². The van der Waals surface area contributed by atoms with Crippen LogP contribution >= 0.6 is 0 Å². The number of amides is 4. The van der Waals surface area contributed by atoms with Crippen molar-refractivity contribution in [3.8, 4) is 0 Å². The Morgan fingerprint density at radius 1 is 0.859 bits per heavy atom. The molecule has 4 amide bonds. The first-order valence-electron chi connectivity index (χ1n) is 23.1. The first kappa shape index (κ1) is 43.1. The van der Waals surface area contributed by atoms with Crippen molar-refractivity contribution in [1.29, 1.82) is 0 Å². The van der Waals surface area contributed by atoms with Gasteiger partial charge < -0.3 is 20.2 Å². The van der Waals surface area contributed by atoms with Crippen molar-refractivity contribution in [2.75, 3.05) is 49.5 Å². The van der Waals surface area contributed by atoms with Crippen molar-refractivity contribution >= 4 is 56.3 Å². The molecule has 19 heteroatoms. The summed E-state index contributed by atoms with van der Waals surface area (Å²) >= 11 is 0. The van der Waals surface area contributed by atoms with Crippen LogP contribution in [0.15, 0.2) is 35.3 Å². The number of rotatable bonds is 9. The second-order valence-electron chi connectivity index (χ2n) is 19.4. The Hall–Kier alpha value is -4.85. The van der Waals surface area contributed by atoms with Crippen LogP contribution in [0.25, 0.3) is 11.0 Å². The summed E-state index contributed by atoms with van der Waals surface area (Å²) in [6.07, 6.45) is 10.1. The highest BCUT2D eigenvalue weighted by atomic mass is 32.2.